The minimum absolute atomic E-state index is 0.0560. The van der Waals surface area contributed by atoms with Crippen molar-refractivity contribution in [1.29, 1.82) is 0 Å². The van der Waals surface area contributed by atoms with Crippen LogP contribution in [0.25, 0.3) is 0 Å². The predicted octanol–water partition coefficient (Wildman–Crippen LogP) is 0.124. The van der Waals surface area contributed by atoms with Gasteiger partial charge in [0, 0.05) is 10.5 Å². The molecule has 0 unspecified atom stereocenters. The van der Waals surface area contributed by atoms with Crippen LogP contribution in [0, 0.1) is 0 Å². The highest BCUT2D eigenvalue weighted by molar-refractivity contribution is 7.98. The third-order valence-corrected chi connectivity index (χ3v) is 6.75. The zero-order chi connectivity index (χ0) is 20.1. The molecule has 6 nitrogen and oxygen atoms in total. The predicted molar refractivity (Wildman–Crippen MR) is 111 cm³/mol. The van der Waals surface area contributed by atoms with E-state index < -0.39 is 0 Å². The molecule has 2 fully saturated rings. The SMILES string of the molecule is CSc1ccc([C@@H]([C@H](C(=O)c2ccco2)[NH+]2CCOCC2)[NH+]2CCOCC2)cc1. The summed E-state index contributed by atoms with van der Waals surface area (Å²) in [5, 5.41) is 0. The van der Waals surface area contributed by atoms with Gasteiger partial charge in [0.25, 0.3) is 5.78 Å². The second-order valence-corrected chi connectivity index (χ2v) is 8.49. The van der Waals surface area contributed by atoms with E-state index in [2.05, 4.69) is 30.5 Å². The van der Waals surface area contributed by atoms with Gasteiger partial charge in [-0.1, -0.05) is 12.1 Å². The van der Waals surface area contributed by atoms with Gasteiger partial charge in [-0.15, -0.1) is 11.8 Å². The highest BCUT2D eigenvalue weighted by atomic mass is 32.2. The molecular weight excluding hydrogens is 388 g/mol. The minimum Gasteiger partial charge on any atom is -0.461 e. The Balaban J connectivity index is 1.74. The van der Waals surface area contributed by atoms with Gasteiger partial charge in [-0.25, -0.2) is 0 Å². The van der Waals surface area contributed by atoms with Crippen LogP contribution in [0.1, 0.15) is 22.2 Å². The number of rotatable bonds is 7. The standard InChI is InChI=1S/C22H28N2O4S/c1-29-18-6-4-17(5-7-18)20(23-8-13-26-14-9-23)21(24-10-15-27-16-11-24)22(25)19-3-2-12-28-19/h2-7,12,20-21H,8-11,13-16H2,1H3/p+2/t20-,21+/m0/s1. The van der Waals surface area contributed by atoms with E-state index in [9.17, 15) is 4.79 Å². The van der Waals surface area contributed by atoms with E-state index in [1.165, 1.54) is 20.3 Å². The van der Waals surface area contributed by atoms with Crippen LogP contribution in [-0.2, 0) is 9.47 Å². The van der Waals surface area contributed by atoms with Crippen LogP contribution < -0.4 is 9.80 Å². The van der Waals surface area contributed by atoms with Crippen LogP contribution >= 0.6 is 11.8 Å². The number of carbonyl (C=O) groups is 1. The second-order valence-electron chi connectivity index (χ2n) is 7.61. The lowest BCUT2D eigenvalue weighted by atomic mass is 9.91. The van der Waals surface area contributed by atoms with E-state index in [1.807, 2.05) is 0 Å². The van der Waals surface area contributed by atoms with Gasteiger partial charge in [0.2, 0.25) is 6.04 Å². The number of quaternary nitrogens is 2. The molecule has 0 bridgehead atoms. The number of furan rings is 1. The van der Waals surface area contributed by atoms with Gasteiger partial charge in [0.05, 0.1) is 32.7 Å². The lowest BCUT2D eigenvalue weighted by Crippen LogP contribution is -3.25. The summed E-state index contributed by atoms with van der Waals surface area (Å²) in [5.41, 5.74) is 1.21. The van der Waals surface area contributed by atoms with Crippen molar-refractivity contribution in [2.24, 2.45) is 0 Å². The fourth-order valence-corrected chi connectivity index (χ4v) is 4.92. The van der Waals surface area contributed by atoms with Gasteiger partial charge in [-0.3, -0.25) is 4.79 Å². The fraction of sp³-hybridized carbons (Fsp3) is 0.500. The number of nitrogens with one attached hydrogen (secondary N) is 2. The molecule has 1 aromatic heterocycles. The van der Waals surface area contributed by atoms with Crippen molar-refractivity contribution in [3.63, 3.8) is 0 Å². The highest BCUT2D eigenvalue weighted by Gasteiger charge is 2.46. The van der Waals surface area contributed by atoms with Crippen LogP contribution in [0.3, 0.4) is 0 Å². The molecule has 2 saturated heterocycles. The molecule has 2 N–H and O–H groups in total. The molecule has 0 saturated carbocycles. The lowest BCUT2D eigenvalue weighted by Gasteiger charge is -2.39. The summed E-state index contributed by atoms with van der Waals surface area (Å²) in [4.78, 5) is 17.6. The molecule has 0 radical (unpaired) electrons. The number of morpholine rings is 2. The molecule has 2 aromatic rings. The van der Waals surface area contributed by atoms with Crippen LogP contribution in [0.15, 0.2) is 52.0 Å². The summed E-state index contributed by atoms with van der Waals surface area (Å²) >= 11 is 1.74. The Kier molecular flexibility index (Phi) is 7.05. The summed E-state index contributed by atoms with van der Waals surface area (Å²) in [6.45, 7) is 6.31. The van der Waals surface area contributed by atoms with Crippen molar-refractivity contribution in [2.75, 3.05) is 58.9 Å². The fourth-order valence-electron chi connectivity index (χ4n) is 4.51. The van der Waals surface area contributed by atoms with Gasteiger partial charge < -0.3 is 23.7 Å². The van der Waals surface area contributed by atoms with Crippen LogP contribution in [0.2, 0.25) is 0 Å². The average Bonchev–Trinajstić information content (AvgIpc) is 3.33. The lowest BCUT2D eigenvalue weighted by molar-refractivity contribution is -0.999. The molecule has 2 atom stereocenters. The highest BCUT2D eigenvalue weighted by Crippen LogP contribution is 2.21. The molecule has 2 aliphatic rings. The molecule has 1 aromatic carbocycles. The third-order valence-electron chi connectivity index (χ3n) is 6.00. The van der Waals surface area contributed by atoms with Gasteiger partial charge in [0.1, 0.15) is 26.2 Å². The summed E-state index contributed by atoms with van der Waals surface area (Å²) in [6.07, 6.45) is 3.67. The quantitative estimate of drug-likeness (QED) is 0.494. The van der Waals surface area contributed by atoms with Gasteiger partial charge in [0.15, 0.2) is 11.8 Å². The van der Waals surface area contributed by atoms with E-state index >= 15 is 0 Å². The molecule has 7 heteroatoms. The zero-order valence-electron chi connectivity index (χ0n) is 16.9. The van der Waals surface area contributed by atoms with Crippen molar-refractivity contribution in [3.8, 4) is 0 Å². The molecule has 2 aliphatic heterocycles. The normalized spacial score (nSPS) is 21.0. The Hall–Kier alpha value is -1.64. The Morgan fingerprint density at radius 2 is 1.55 bits per heavy atom. The molecule has 0 spiro atoms. The van der Waals surface area contributed by atoms with E-state index in [-0.39, 0.29) is 17.9 Å². The van der Waals surface area contributed by atoms with E-state index in [1.54, 1.807) is 30.2 Å². The summed E-state index contributed by atoms with van der Waals surface area (Å²) in [7, 11) is 0. The molecule has 4 rings (SSSR count). The minimum atomic E-state index is -0.210. The van der Waals surface area contributed by atoms with Crippen molar-refractivity contribution < 1.29 is 28.5 Å². The Bertz CT molecular complexity index is 769. The molecule has 0 amide bonds. The van der Waals surface area contributed by atoms with Gasteiger partial charge in [-0.2, -0.15) is 0 Å². The number of hydrogen-bond acceptors (Lipinski definition) is 5. The van der Waals surface area contributed by atoms with Crippen LogP contribution in [0.4, 0.5) is 0 Å². The molecule has 156 valence electrons. The number of thioether (sulfide) groups is 1. The second kappa shape index (κ2) is 9.91. The van der Waals surface area contributed by atoms with Crippen molar-refractivity contribution >= 4 is 17.5 Å². The third kappa shape index (κ3) is 4.75. The first-order valence-electron chi connectivity index (χ1n) is 10.3. The van der Waals surface area contributed by atoms with Crippen molar-refractivity contribution in [2.45, 2.75) is 17.0 Å². The number of Topliss-reactive ketones (excluding diaryl/α,β-unsaturated/α-hetero) is 1. The van der Waals surface area contributed by atoms with E-state index in [4.69, 9.17) is 13.9 Å². The van der Waals surface area contributed by atoms with Gasteiger partial charge >= 0.3 is 0 Å². The monoisotopic (exact) mass is 418 g/mol. The number of ether oxygens (including phenoxy) is 2. The maximum atomic E-state index is 13.7. The maximum Gasteiger partial charge on any atom is 0.261 e. The summed E-state index contributed by atoms with van der Waals surface area (Å²) in [5.74, 6) is 0.539. The average molecular weight is 419 g/mol. The molecule has 29 heavy (non-hydrogen) atoms. The number of ketones is 1. The largest absolute Gasteiger partial charge is 0.461 e. The number of benzene rings is 1. The van der Waals surface area contributed by atoms with Crippen LogP contribution in [-0.4, -0.2) is 70.7 Å². The zero-order valence-corrected chi connectivity index (χ0v) is 17.7. The van der Waals surface area contributed by atoms with E-state index in [0.717, 1.165) is 39.4 Å². The molecule has 0 aliphatic carbocycles. The Morgan fingerprint density at radius 3 is 2.10 bits per heavy atom. The summed E-state index contributed by atoms with van der Waals surface area (Å²) < 4.78 is 16.8. The van der Waals surface area contributed by atoms with Gasteiger partial charge in [-0.05, 0) is 30.5 Å². The van der Waals surface area contributed by atoms with Crippen molar-refractivity contribution in [3.05, 3.63) is 54.0 Å². The molecule has 3 heterocycles. The van der Waals surface area contributed by atoms with Crippen molar-refractivity contribution in [1.82, 2.24) is 0 Å². The number of hydrogen-bond donors (Lipinski definition) is 2. The first-order valence-corrected chi connectivity index (χ1v) is 11.6. The topological polar surface area (TPSA) is 57.5 Å². The Labute approximate surface area is 176 Å². The Morgan fingerprint density at radius 1 is 0.931 bits per heavy atom. The first-order chi connectivity index (χ1) is 14.3. The molecular formula is C22H30N2O4S+2. The first kappa shape index (κ1) is 20.6. The number of carbonyl (C=O) groups excluding carboxylic acids is 1. The maximum absolute atomic E-state index is 13.7. The van der Waals surface area contributed by atoms with E-state index in [0.29, 0.717) is 19.0 Å². The smallest absolute Gasteiger partial charge is 0.261 e. The summed E-state index contributed by atoms with van der Waals surface area (Å²) in [6, 6.07) is 12.1. The van der Waals surface area contributed by atoms with Crippen LogP contribution in [0.5, 0.6) is 0 Å².